The number of nitrogens with one attached hydrogen (secondary N) is 2. The summed E-state index contributed by atoms with van der Waals surface area (Å²) in [5, 5.41) is 10.1. The van der Waals surface area contributed by atoms with Gasteiger partial charge in [-0.1, -0.05) is 19.1 Å². The van der Waals surface area contributed by atoms with Gasteiger partial charge in [-0.25, -0.2) is 5.43 Å². The van der Waals surface area contributed by atoms with Gasteiger partial charge in [0.15, 0.2) is 5.69 Å². The van der Waals surface area contributed by atoms with Gasteiger partial charge in [0.1, 0.15) is 6.54 Å². The highest BCUT2D eigenvalue weighted by atomic mass is 19.4. The minimum absolute atomic E-state index is 0.0280. The van der Waals surface area contributed by atoms with Crippen LogP contribution in [-0.2, 0) is 22.3 Å². The normalized spacial score (nSPS) is 17.1. The predicted octanol–water partition coefficient (Wildman–Crippen LogP) is 2.71. The lowest BCUT2D eigenvalue weighted by Gasteiger charge is -2.19. The van der Waals surface area contributed by atoms with E-state index in [1.54, 1.807) is 24.3 Å². The second kappa shape index (κ2) is 7.45. The maximum absolute atomic E-state index is 12.7. The number of hydrogen-bond acceptors (Lipinski definition) is 4. The summed E-state index contributed by atoms with van der Waals surface area (Å²) >= 11 is 0. The van der Waals surface area contributed by atoms with E-state index in [4.69, 9.17) is 0 Å². The monoisotopic (exact) mass is 393 g/mol. The highest BCUT2D eigenvalue weighted by Gasteiger charge is 2.34. The van der Waals surface area contributed by atoms with Crippen LogP contribution in [0.2, 0.25) is 0 Å². The van der Waals surface area contributed by atoms with Crippen molar-refractivity contribution in [3.05, 3.63) is 47.3 Å². The lowest BCUT2D eigenvalue weighted by Crippen LogP contribution is -2.31. The number of hydrazone groups is 1. The van der Waals surface area contributed by atoms with E-state index in [-0.39, 0.29) is 24.1 Å². The second-order valence-corrected chi connectivity index (χ2v) is 6.59. The lowest BCUT2D eigenvalue weighted by molar-refractivity contribution is -0.141. The molecule has 0 spiro atoms. The molecule has 0 saturated carbocycles. The molecule has 1 aliphatic heterocycles. The zero-order valence-electron chi connectivity index (χ0n) is 15.2. The molecule has 0 fully saturated rings. The molecule has 0 aliphatic carbocycles. The number of nitrogens with zero attached hydrogens (tertiary/aromatic N) is 3. The van der Waals surface area contributed by atoms with Crippen LogP contribution in [-0.4, -0.2) is 27.3 Å². The summed E-state index contributed by atoms with van der Waals surface area (Å²) in [6.07, 6.45) is -4.21. The molecule has 3 rings (SSSR count). The molecule has 2 N–H and O–H groups in total. The van der Waals surface area contributed by atoms with Crippen molar-refractivity contribution in [3.63, 3.8) is 0 Å². The van der Waals surface area contributed by atoms with Crippen molar-refractivity contribution in [1.29, 1.82) is 0 Å². The lowest BCUT2D eigenvalue weighted by atomic mass is 9.94. The van der Waals surface area contributed by atoms with Crippen molar-refractivity contribution in [2.45, 2.75) is 33.0 Å². The zero-order valence-corrected chi connectivity index (χ0v) is 15.2. The van der Waals surface area contributed by atoms with Gasteiger partial charge in [0.25, 0.3) is 0 Å². The number of alkyl halides is 3. The Hall–Kier alpha value is -3.17. The van der Waals surface area contributed by atoms with Crippen LogP contribution in [0.25, 0.3) is 0 Å². The molecule has 1 unspecified atom stereocenters. The topological polar surface area (TPSA) is 88.4 Å². The zero-order chi connectivity index (χ0) is 20.5. The van der Waals surface area contributed by atoms with Crippen LogP contribution in [0.3, 0.4) is 0 Å². The summed E-state index contributed by atoms with van der Waals surface area (Å²) in [6, 6.07) is 7.73. The summed E-state index contributed by atoms with van der Waals surface area (Å²) in [5.41, 5.74) is 3.69. The predicted molar refractivity (Wildman–Crippen MR) is 95.5 cm³/mol. The van der Waals surface area contributed by atoms with Crippen LogP contribution >= 0.6 is 0 Å². The number of hydrogen-bond donors (Lipinski definition) is 2. The van der Waals surface area contributed by atoms with E-state index in [2.05, 4.69) is 20.9 Å². The van der Waals surface area contributed by atoms with E-state index in [9.17, 15) is 22.8 Å². The average molecular weight is 393 g/mol. The van der Waals surface area contributed by atoms with Gasteiger partial charge in [0.2, 0.25) is 11.8 Å². The fourth-order valence-corrected chi connectivity index (χ4v) is 2.87. The summed E-state index contributed by atoms with van der Waals surface area (Å²) in [7, 11) is 0. The molecule has 2 amide bonds. The molecule has 1 aromatic carbocycles. The fraction of sp³-hybridized carbons (Fsp3) is 0.333. The number of anilines is 1. The van der Waals surface area contributed by atoms with Gasteiger partial charge in [-0.3, -0.25) is 14.3 Å². The van der Waals surface area contributed by atoms with Gasteiger partial charge < -0.3 is 5.32 Å². The first-order chi connectivity index (χ1) is 13.1. The standard InChI is InChI=1S/C18H18F3N5O2/c1-10-7-15(27)23-24-17(10)12-3-5-13(6-4-12)22-16(28)9-26-11(2)8-14(25-26)18(19,20)21/h3-6,8,10H,7,9H2,1-2H3,(H,22,28)(H,23,27). The second-order valence-electron chi connectivity index (χ2n) is 6.59. The molecule has 148 valence electrons. The van der Waals surface area contributed by atoms with Gasteiger partial charge in [-0.05, 0) is 30.7 Å². The Kier molecular flexibility index (Phi) is 5.21. The summed E-state index contributed by atoms with van der Waals surface area (Å²) in [6.45, 7) is 3.02. The van der Waals surface area contributed by atoms with E-state index in [0.29, 0.717) is 12.1 Å². The Labute approximate surface area is 158 Å². The fourth-order valence-electron chi connectivity index (χ4n) is 2.87. The Morgan fingerprint density at radius 1 is 1.32 bits per heavy atom. The molecule has 1 aliphatic rings. The van der Waals surface area contributed by atoms with Crippen molar-refractivity contribution >= 4 is 23.2 Å². The van der Waals surface area contributed by atoms with Crippen LogP contribution in [0.1, 0.15) is 30.3 Å². The maximum Gasteiger partial charge on any atom is 0.435 e. The van der Waals surface area contributed by atoms with Crippen molar-refractivity contribution in [1.82, 2.24) is 15.2 Å². The van der Waals surface area contributed by atoms with Gasteiger partial charge in [-0.2, -0.15) is 23.4 Å². The highest BCUT2D eigenvalue weighted by molar-refractivity contribution is 6.06. The van der Waals surface area contributed by atoms with Crippen LogP contribution in [0.4, 0.5) is 18.9 Å². The Bertz CT molecular complexity index is 932. The Morgan fingerprint density at radius 3 is 2.57 bits per heavy atom. The smallest absolute Gasteiger partial charge is 0.324 e. The van der Waals surface area contributed by atoms with Crippen LogP contribution in [0.5, 0.6) is 0 Å². The minimum atomic E-state index is -4.55. The highest BCUT2D eigenvalue weighted by Crippen LogP contribution is 2.28. The third-order valence-corrected chi connectivity index (χ3v) is 4.29. The Balaban J connectivity index is 1.65. The van der Waals surface area contributed by atoms with E-state index >= 15 is 0 Å². The molecule has 7 nitrogen and oxygen atoms in total. The summed E-state index contributed by atoms with van der Waals surface area (Å²) in [4.78, 5) is 23.5. The molecular weight excluding hydrogens is 375 g/mol. The molecule has 28 heavy (non-hydrogen) atoms. The number of amides is 2. The molecule has 2 aromatic rings. The molecule has 0 saturated heterocycles. The number of benzene rings is 1. The summed E-state index contributed by atoms with van der Waals surface area (Å²) < 4.78 is 39.1. The Morgan fingerprint density at radius 2 is 2.00 bits per heavy atom. The van der Waals surface area contributed by atoms with Crippen molar-refractivity contribution in [3.8, 4) is 0 Å². The average Bonchev–Trinajstić information content (AvgIpc) is 2.97. The quantitative estimate of drug-likeness (QED) is 0.837. The van der Waals surface area contributed by atoms with Gasteiger partial charge in [-0.15, -0.1) is 0 Å². The van der Waals surface area contributed by atoms with Crippen LogP contribution < -0.4 is 10.7 Å². The van der Waals surface area contributed by atoms with Gasteiger partial charge in [0.05, 0.1) is 5.71 Å². The third-order valence-electron chi connectivity index (χ3n) is 4.29. The molecule has 10 heteroatoms. The van der Waals surface area contributed by atoms with E-state index in [0.717, 1.165) is 22.0 Å². The summed E-state index contributed by atoms with van der Waals surface area (Å²) in [5.74, 6) is -0.661. The number of carbonyl (C=O) groups excluding carboxylic acids is 2. The molecule has 1 aromatic heterocycles. The maximum atomic E-state index is 12.7. The van der Waals surface area contributed by atoms with Crippen molar-refractivity contribution in [2.24, 2.45) is 11.0 Å². The van der Waals surface area contributed by atoms with E-state index in [1.807, 2.05) is 6.92 Å². The first kappa shape index (κ1) is 19.6. The number of halogens is 3. The first-order valence-corrected chi connectivity index (χ1v) is 8.52. The van der Waals surface area contributed by atoms with Gasteiger partial charge >= 0.3 is 6.18 Å². The van der Waals surface area contributed by atoms with Crippen molar-refractivity contribution < 1.29 is 22.8 Å². The molecule has 2 heterocycles. The number of aromatic nitrogens is 2. The largest absolute Gasteiger partial charge is 0.435 e. The van der Waals surface area contributed by atoms with E-state index < -0.39 is 17.8 Å². The minimum Gasteiger partial charge on any atom is -0.324 e. The molecule has 0 bridgehead atoms. The van der Waals surface area contributed by atoms with Crippen molar-refractivity contribution in [2.75, 3.05) is 5.32 Å². The first-order valence-electron chi connectivity index (χ1n) is 8.52. The van der Waals surface area contributed by atoms with Crippen LogP contribution in [0, 0.1) is 12.8 Å². The number of aryl methyl sites for hydroxylation is 1. The molecule has 0 radical (unpaired) electrons. The number of carbonyl (C=O) groups is 2. The molecular formula is C18H18F3N5O2. The van der Waals surface area contributed by atoms with Gasteiger partial charge in [0, 0.05) is 23.7 Å². The van der Waals surface area contributed by atoms with E-state index in [1.165, 1.54) is 6.92 Å². The third kappa shape index (κ3) is 4.38. The van der Waals surface area contributed by atoms with Crippen LogP contribution in [0.15, 0.2) is 35.4 Å². The SMILES string of the molecule is Cc1cc(C(F)(F)F)nn1CC(=O)Nc1ccc(C2=NNC(=O)CC2C)cc1. The number of rotatable bonds is 4. The molecule has 1 atom stereocenters.